The molecule has 1 aliphatic carbocycles. The number of benzene rings is 1. The lowest BCUT2D eigenvalue weighted by Gasteiger charge is -2.24. The summed E-state index contributed by atoms with van der Waals surface area (Å²) in [4.78, 5) is 10.7. The molecule has 1 atom stereocenters. The van der Waals surface area contributed by atoms with Crippen LogP contribution in [-0.4, -0.2) is 11.1 Å². The zero-order chi connectivity index (χ0) is 10.8. The van der Waals surface area contributed by atoms with E-state index in [1.807, 2.05) is 18.2 Å². The SMILES string of the molecule is O=C(O)CC1CCCc2cc(Cl)ccc21. The van der Waals surface area contributed by atoms with Gasteiger partial charge in [-0.25, -0.2) is 0 Å². The molecule has 0 radical (unpaired) electrons. The molecule has 3 heteroatoms. The second-order valence-corrected chi connectivity index (χ2v) is 4.47. The minimum absolute atomic E-state index is 0.170. The van der Waals surface area contributed by atoms with Gasteiger partial charge >= 0.3 is 5.97 Å². The van der Waals surface area contributed by atoms with Gasteiger partial charge in [0.2, 0.25) is 0 Å². The third kappa shape index (κ3) is 2.32. The molecule has 1 aliphatic rings. The summed E-state index contributed by atoms with van der Waals surface area (Å²) in [5.74, 6) is -0.550. The fourth-order valence-corrected chi connectivity index (χ4v) is 2.50. The lowest BCUT2D eigenvalue weighted by Crippen LogP contribution is -2.13. The molecular formula is C12H13ClO2. The van der Waals surface area contributed by atoms with E-state index < -0.39 is 5.97 Å². The van der Waals surface area contributed by atoms with Gasteiger partial charge < -0.3 is 5.11 Å². The molecule has 1 unspecified atom stereocenters. The third-order valence-electron chi connectivity index (χ3n) is 2.96. The van der Waals surface area contributed by atoms with Crippen LogP contribution in [-0.2, 0) is 11.2 Å². The average Bonchev–Trinajstić information content (AvgIpc) is 2.16. The largest absolute Gasteiger partial charge is 0.481 e. The molecule has 1 aromatic rings. The molecule has 0 fully saturated rings. The van der Waals surface area contributed by atoms with Crippen molar-refractivity contribution in [2.75, 3.05) is 0 Å². The number of halogens is 1. The van der Waals surface area contributed by atoms with Gasteiger partial charge in [-0.15, -0.1) is 0 Å². The van der Waals surface area contributed by atoms with E-state index in [9.17, 15) is 4.79 Å². The van der Waals surface area contributed by atoms with Crippen molar-refractivity contribution in [3.05, 3.63) is 34.3 Å². The maximum atomic E-state index is 10.7. The van der Waals surface area contributed by atoms with Crippen molar-refractivity contribution in [2.45, 2.75) is 31.6 Å². The van der Waals surface area contributed by atoms with Crippen LogP contribution in [0.2, 0.25) is 5.02 Å². The molecule has 0 bridgehead atoms. The van der Waals surface area contributed by atoms with Gasteiger partial charge in [0.15, 0.2) is 0 Å². The van der Waals surface area contributed by atoms with Gasteiger partial charge in [-0.1, -0.05) is 17.7 Å². The maximum Gasteiger partial charge on any atom is 0.303 e. The molecular weight excluding hydrogens is 212 g/mol. The Labute approximate surface area is 93.9 Å². The summed E-state index contributed by atoms with van der Waals surface area (Å²) in [5, 5.41) is 9.56. The van der Waals surface area contributed by atoms with Crippen LogP contribution in [0.3, 0.4) is 0 Å². The zero-order valence-electron chi connectivity index (χ0n) is 8.37. The topological polar surface area (TPSA) is 37.3 Å². The van der Waals surface area contributed by atoms with Gasteiger partial charge in [0.25, 0.3) is 0 Å². The van der Waals surface area contributed by atoms with Gasteiger partial charge in [-0.3, -0.25) is 4.79 Å². The van der Waals surface area contributed by atoms with Crippen molar-refractivity contribution < 1.29 is 9.90 Å². The number of hydrogen-bond donors (Lipinski definition) is 1. The molecule has 1 N–H and O–H groups in total. The Hall–Kier alpha value is -1.02. The molecule has 0 aliphatic heterocycles. The van der Waals surface area contributed by atoms with Gasteiger partial charge in [0.1, 0.15) is 0 Å². The van der Waals surface area contributed by atoms with Gasteiger partial charge in [0, 0.05) is 5.02 Å². The minimum atomic E-state index is -0.720. The summed E-state index contributed by atoms with van der Waals surface area (Å²) < 4.78 is 0. The summed E-state index contributed by atoms with van der Waals surface area (Å²) in [6, 6.07) is 5.79. The van der Waals surface area contributed by atoms with Crippen molar-refractivity contribution in [3.8, 4) is 0 Å². The molecule has 1 aromatic carbocycles. The lowest BCUT2D eigenvalue weighted by molar-refractivity contribution is -0.137. The number of aryl methyl sites for hydroxylation is 1. The van der Waals surface area contributed by atoms with Crippen LogP contribution in [0.1, 0.15) is 36.3 Å². The Bertz CT molecular complexity index is 387. The van der Waals surface area contributed by atoms with Crippen molar-refractivity contribution in [3.63, 3.8) is 0 Å². The highest BCUT2D eigenvalue weighted by Gasteiger charge is 2.22. The summed E-state index contributed by atoms with van der Waals surface area (Å²) in [7, 11) is 0. The smallest absolute Gasteiger partial charge is 0.303 e. The Morgan fingerprint density at radius 3 is 3.07 bits per heavy atom. The molecule has 0 saturated heterocycles. The van der Waals surface area contributed by atoms with Crippen molar-refractivity contribution in [2.24, 2.45) is 0 Å². The van der Waals surface area contributed by atoms with Crippen LogP contribution in [0.25, 0.3) is 0 Å². The number of hydrogen-bond acceptors (Lipinski definition) is 1. The number of fused-ring (bicyclic) bond motifs is 1. The maximum absolute atomic E-state index is 10.7. The Balaban J connectivity index is 2.30. The van der Waals surface area contributed by atoms with Gasteiger partial charge in [0.05, 0.1) is 6.42 Å². The fraction of sp³-hybridized carbons (Fsp3) is 0.417. The first-order valence-electron chi connectivity index (χ1n) is 5.17. The fourth-order valence-electron chi connectivity index (χ4n) is 2.31. The highest BCUT2D eigenvalue weighted by Crippen LogP contribution is 2.35. The highest BCUT2D eigenvalue weighted by atomic mass is 35.5. The van der Waals surface area contributed by atoms with E-state index in [-0.39, 0.29) is 12.3 Å². The molecule has 2 nitrogen and oxygen atoms in total. The Kier molecular flexibility index (Phi) is 2.96. The first-order chi connectivity index (χ1) is 7.16. The quantitative estimate of drug-likeness (QED) is 0.838. The average molecular weight is 225 g/mol. The van der Waals surface area contributed by atoms with Crippen molar-refractivity contribution in [1.82, 2.24) is 0 Å². The van der Waals surface area contributed by atoms with Crippen molar-refractivity contribution in [1.29, 1.82) is 0 Å². The van der Waals surface area contributed by atoms with Crippen LogP contribution in [0.5, 0.6) is 0 Å². The monoisotopic (exact) mass is 224 g/mol. The van der Waals surface area contributed by atoms with Crippen LogP contribution >= 0.6 is 11.6 Å². The van der Waals surface area contributed by atoms with E-state index in [4.69, 9.17) is 16.7 Å². The van der Waals surface area contributed by atoms with E-state index in [0.29, 0.717) is 0 Å². The van der Waals surface area contributed by atoms with E-state index >= 15 is 0 Å². The summed E-state index contributed by atoms with van der Waals surface area (Å²) in [6.07, 6.45) is 3.28. The molecule has 15 heavy (non-hydrogen) atoms. The first kappa shape index (κ1) is 10.5. The Morgan fingerprint density at radius 2 is 2.33 bits per heavy atom. The van der Waals surface area contributed by atoms with E-state index in [0.717, 1.165) is 24.3 Å². The van der Waals surface area contributed by atoms with Gasteiger partial charge in [-0.2, -0.15) is 0 Å². The van der Waals surface area contributed by atoms with Gasteiger partial charge in [-0.05, 0) is 48.4 Å². The number of carboxylic acids is 1. The number of carbonyl (C=O) groups is 1. The molecule has 2 rings (SSSR count). The molecule has 0 saturated carbocycles. The summed E-state index contributed by atoms with van der Waals surface area (Å²) >= 11 is 5.91. The van der Waals surface area contributed by atoms with Crippen LogP contribution in [0, 0.1) is 0 Å². The number of rotatable bonds is 2. The normalized spacial score (nSPS) is 19.7. The second kappa shape index (κ2) is 4.23. The van der Waals surface area contributed by atoms with E-state index in [1.165, 1.54) is 11.1 Å². The Morgan fingerprint density at radius 1 is 1.53 bits per heavy atom. The standard InChI is InChI=1S/C12H13ClO2/c13-10-4-5-11-8(6-10)2-1-3-9(11)7-12(14)15/h4-6,9H,1-3,7H2,(H,14,15). The first-order valence-corrected chi connectivity index (χ1v) is 5.54. The molecule has 80 valence electrons. The zero-order valence-corrected chi connectivity index (χ0v) is 9.13. The van der Waals surface area contributed by atoms with Crippen LogP contribution in [0.15, 0.2) is 18.2 Å². The number of carboxylic acid groups (broad SMARTS) is 1. The molecule has 0 spiro atoms. The van der Waals surface area contributed by atoms with Crippen LogP contribution < -0.4 is 0 Å². The molecule has 0 aromatic heterocycles. The van der Waals surface area contributed by atoms with E-state index in [1.54, 1.807) is 0 Å². The predicted octanol–water partition coefficient (Wildman–Crippen LogP) is 3.23. The van der Waals surface area contributed by atoms with Crippen LogP contribution in [0.4, 0.5) is 0 Å². The third-order valence-corrected chi connectivity index (χ3v) is 3.20. The van der Waals surface area contributed by atoms with E-state index in [2.05, 4.69) is 0 Å². The lowest BCUT2D eigenvalue weighted by atomic mass is 9.81. The summed E-state index contributed by atoms with van der Waals surface area (Å²) in [6.45, 7) is 0. The minimum Gasteiger partial charge on any atom is -0.481 e. The molecule has 0 amide bonds. The molecule has 0 heterocycles. The second-order valence-electron chi connectivity index (χ2n) is 4.03. The number of aliphatic carboxylic acids is 1. The predicted molar refractivity (Wildman–Crippen MR) is 59.4 cm³/mol. The van der Waals surface area contributed by atoms with Crippen molar-refractivity contribution >= 4 is 17.6 Å². The summed E-state index contributed by atoms with van der Waals surface area (Å²) in [5.41, 5.74) is 2.40. The highest BCUT2D eigenvalue weighted by molar-refractivity contribution is 6.30.